The highest BCUT2D eigenvalue weighted by Gasteiger charge is 2.40. The maximum atomic E-state index is 13.2. The molecule has 0 aliphatic heterocycles. The molecule has 0 aliphatic carbocycles. The highest BCUT2D eigenvalue weighted by Crippen LogP contribution is 2.31. The zero-order valence-corrected chi connectivity index (χ0v) is 18.5. The number of nitrogens with one attached hydrogen (secondary N) is 1. The van der Waals surface area contributed by atoms with Crippen LogP contribution in [-0.2, 0) is 9.53 Å². The SMILES string of the molecule is CCOC(CC(C)C)(CC(C)C)C(=O)Nc1ccc(OCC(C)C)c(C)c1. The van der Waals surface area contributed by atoms with Gasteiger partial charge < -0.3 is 14.8 Å². The molecule has 1 N–H and O–H groups in total. The van der Waals surface area contributed by atoms with Gasteiger partial charge in [-0.1, -0.05) is 41.5 Å². The van der Waals surface area contributed by atoms with Crippen LogP contribution in [0.1, 0.15) is 66.9 Å². The molecule has 1 aromatic rings. The number of hydrogen-bond donors (Lipinski definition) is 1. The van der Waals surface area contributed by atoms with Crippen molar-refractivity contribution in [3.8, 4) is 5.75 Å². The molecule has 0 radical (unpaired) electrons. The molecule has 0 saturated carbocycles. The molecule has 0 aromatic heterocycles. The Balaban J connectivity index is 3.01. The molecule has 0 saturated heterocycles. The lowest BCUT2D eigenvalue weighted by Crippen LogP contribution is -2.47. The first kappa shape index (κ1) is 23.5. The summed E-state index contributed by atoms with van der Waals surface area (Å²) >= 11 is 0. The Kier molecular flexibility index (Phi) is 9.31. The van der Waals surface area contributed by atoms with Gasteiger partial charge in [0, 0.05) is 12.3 Å². The summed E-state index contributed by atoms with van der Waals surface area (Å²) in [4.78, 5) is 13.2. The summed E-state index contributed by atoms with van der Waals surface area (Å²) in [5.74, 6) is 2.02. The lowest BCUT2D eigenvalue weighted by Gasteiger charge is -2.35. The summed E-state index contributed by atoms with van der Waals surface area (Å²) < 4.78 is 11.9. The third-order valence-corrected chi connectivity index (χ3v) is 4.32. The number of hydrogen-bond acceptors (Lipinski definition) is 3. The van der Waals surface area contributed by atoms with Crippen LogP contribution in [0.25, 0.3) is 0 Å². The van der Waals surface area contributed by atoms with E-state index in [1.54, 1.807) is 0 Å². The van der Waals surface area contributed by atoms with E-state index < -0.39 is 5.60 Å². The fraction of sp³-hybridized carbons (Fsp3) is 0.696. The molecule has 154 valence electrons. The van der Waals surface area contributed by atoms with Crippen molar-refractivity contribution in [3.63, 3.8) is 0 Å². The topological polar surface area (TPSA) is 47.6 Å². The first-order valence-electron chi connectivity index (χ1n) is 10.3. The van der Waals surface area contributed by atoms with E-state index in [9.17, 15) is 4.79 Å². The summed E-state index contributed by atoms with van der Waals surface area (Å²) in [6.45, 7) is 17.9. The molecule has 0 atom stereocenters. The minimum atomic E-state index is -0.794. The third kappa shape index (κ3) is 7.53. The minimum Gasteiger partial charge on any atom is -0.493 e. The van der Waals surface area contributed by atoms with Crippen molar-refractivity contribution >= 4 is 11.6 Å². The van der Waals surface area contributed by atoms with E-state index in [1.165, 1.54) is 0 Å². The number of carbonyl (C=O) groups excluding carboxylic acids is 1. The minimum absolute atomic E-state index is 0.0537. The lowest BCUT2D eigenvalue weighted by atomic mass is 9.83. The van der Waals surface area contributed by atoms with Gasteiger partial charge in [0.15, 0.2) is 0 Å². The first-order chi connectivity index (χ1) is 12.6. The number of anilines is 1. The second kappa shape index (κ2) is 10.7. The largest absolute Gasteiger partial charge is 0.493 e. The van der Waals surface area contributed by atoms with Gasteiger partial charge in [-0.05, 0) is 68.2 Å². The number of benzene rings is 1. The Bertz CT molecular complexity index is 583. The number of aryl methyl sites for hydroxylation is 1. The summed E-state index contributed by atoms with van der Waals surface area (Å²) in [6, 6.07) is 5.80. The van der Waals surface area contributed by atoms with Crippen LogP contribution in [0.4, 0.5) is 5.69 Å². The van der Waals surface area contributed by atoms with Crippen LogP contribution in [0, 0.1) is 24.7 Å². The van der Waals surface area contributed by atoms with Crippen molar-refractivity contribution in [1.82, 2.24) is 0 Å². The zero-order chi connectivity index (χ0) is 20.6. The average molecular weight is 378 g/mol. The first-order valence-corrected chi connectivity index (χ1v) is 10.3. The van der Waals surface area contributed by atoms with Crippen LogP contribution < -0.4 is 10.1 Å². The molecule has 4 heteroatoms. The monoisotopic (exact) mass is 377 g/mol. The number of carbonyl (C=O) groups is 1. The Morgan fingerprint density at radius 1 is 1.04 bits per heavy atom. The molecule has 0 unspecified atom stereocenters. The maximum absolute atomic E-state index is 13.2. The van der Waals surface area contributed by atoms with Crippen molar-refractivity contribution < 1.29 is 14.3 Å². The summed E-state index contributed by atoms with van der Waals surface area (Å²) in [5, 5.41) is 3.09. The van der Waals surface area contributed by atoms with Crippen LogP contribution in [0.15, 0.2) is 18.2 Å². The van der Waals surface area contributed by atoms with Crippen molar-refractivity contribution in [3.05, 3.63) is 23.8 Å². The van der Waals surface area contributed by atoms with E-state index in [0.717, 1.165) is 17.0 Å². The van der Waals surface area contributed by atoms with Gasteiger partial charge in [-0.25, -0.2) is 0 Å². The fourth-order valence-corrected chi connectivity index (χ4v) is 3.44. The van der Waals surface area contributed by atoms with Crippen molar-refractivity contribution in [2.75, 3.05) is 18.5 Å². The van der Waals surface area contributed by atoms with Gasteiger partial charge in [0.25, 0.3) is 5.91 Å². The van der Waals surface area contributed by atoms with Gasteiger partial charge in [-0.2, -0.15) is 0 Å². The highest BCUT2D eigenvalue weighted by atomic mass is 16.5. The van der Waals surface area contributed by atoms with Crippen molar-refractivity contribution in [1.29, 1.82) is 0 Å². The van der Waals surface area contributed by atoms with E-state index in [-0.39, 0.29) is 5.91 Å². The zero-order valence-electron chi connectivity index (χ0n) is 18.5. The van der Waals surface area contributed by atoms with Crippen LogP contribution in [0.3, 0.4) is 0 Å². The van der Waals surface area contributed by atoms with Crippen LogP contribution >= 0.6 is 0 Å². The van der Waals surface area contributed by atoms with E-state index >= 15 is 0 Å². The quantitative estimate of drug-likeness (QED) is 0.527. The van der Waals surface area contributed by atoms with Crippen LogP contribution in [0.2, 0.25) is 0 Å². The molecule has 0 spiro atoms. The molecule has 1 aromatic carbocycles. The predicted molar refractivity (Wildman–Crippen MR) is 113 cm³/mol. The number of amides is 1. The second-order valence-corrected chi connectivity index (χ2v) is 8.76. The summed E-state index contributed by atoms with van der Waals surface area (Å²) in [5.41, 5.74) is 1.01. The molecule has 4 nitrogen and oxygen atoms in total. The van der Waals surface area contributed by atoms with Gasteiger partial charge in [-0.15, -0.1) is 0 Å². The van der Waals surface area contributed by atoms with E-state index in [1.807, 2.05) is 32.0 Å². The molecule has 0 heterocycles. The Morgan fingerprint density at radius 3 is 2.07 bits per heavy atom. The molecule has 1 amide bonds. The standard InChI is InChI=1S/C23H39NO3/c1-9-27-23(13-16(2)3,14-17(4)5)22(25)24-20-10-11-21(19(8)12-20)26-15-18(6)7/h10-12,16-18H,9,13-15H2,1-8H3,(H,24,25). The van der Waals surface area contributed by atoms with Gasteiger partial charge >= 0.3 is 0 Å². The van der Waals surface area contributed by atoms with Gasteiger partial charge in [0.1, 0.15) is 11.4 Å². The third-order valence-electron chi connectivity index (χ3n) is 4.32. The van der Waals surface area contributed by atoms with Gasteiger partial charge in [0.05, 0.1) is 6.61 Å². The highest BCUT2D eigenvalue weighted by molar-refractivity contribution is 5.97. The molecule has 1 rings (SSSR count). The normalized spacial score (nSPS) is 12.1. The van der Waals surface area contributed by atoms with Gasteiger partial charge in [-0.3, -0.25) is 4.79 Å². The predicted octanol–water partition coefficient (Wildman–Crippen LogP) is 5.84. The van der Waals surface area contributed by atoms with E-state index in [4.69, 9.17) is 9.47 Å². The fourth-order valence-electron chi connectivity index (χ4n) is 3.44. The molecule has 0 fully saturated rings. The van der Waals surface area contributed by atoms with Crippen molar-refractivity contribution in [2.45, 2.75) is 73.8 Å². The number of ether oxygens (including phenoxy) is 2. The van der Waals surface area contributed by atoms with Crippen molar-refractivity contribution in [2.24, 2.45) is 17.8 Å². The lowest BCUT2D eigenvalue weighted by molar-refractivity contribution is -0.146. The molecular weight excluding hydrogens is 338 g/mol. The Hall–Kier alpha value is -1.55. The molecular formula is C23H39NO3. The number of rotatable bonds is 11. The molecule has 0 bridgehead atoms. The van der Waals surface area contributed by atoms with E-state index in [0.29, 0.717) is 43.8 Å². The molecule has 27 heavy (non-hydrogen) atoms. The van der Waals surface area contributed by atoms with E-state index in [2.05, 4.69) is 46.9 Å². The summed E-state index contributed by atoms with van der Waals surface area (Å²) in [6.07, 6.45) is 1.42. The average Bonchev–Trinajstić information content (AvgIpc) is 2.52. The van der Waals surface area contributed by atoms with Gasteiger partial charge in [0.2, 0.25) is 0 Å². The second-order valence-electron chi connectivity index (χ2n) is 8.76. The Morgan fingerprint density at radius 2 is 1.63 bits per heavy atom. The maximum Gasteiger partial charge on any atom is 0.256 e. The summed E-state index contributed by atoms with van der Waals surface area (Å²) in [7, 11) is 0. The van der Waals surface area contributed by atoms with Crippen LogP contribution in [-0.4, -0.2) is 24.7 Å². The smallest absolute Gasteiger partial charge is 0.256 e. The van der Waals surface area contributed by atoms with Crippen LogP contribution in [0.5, 0.6) is 5.75 Å². The Labute approximate surface area is 166 Å². The molecule has 0 aliphatic rings.